The Kier molecular flexibility index (Phi) is 3.29. The molecule has 2 rings (SSSR count). The van der Waals surface area contributed by atoms with E-state index in [0.29, 0.717) is 5.56 Å². The lowest BCUT2D eigenvalue weighted by atomic mass is 10.2. The lowest BCUT2D eigenvalue weighted by molar-refractivity contribution is -0.137. The first-order valence-electron chi connectivity index (χ1n) is 5.49. The molecule has 1 fully saturated rings. The number of amides is 2. The van der Waals surface area contributed by atoms with E-state index in [2.05, 4.69) is 5.32 Å². The second-order valence-electron chi connectivity index (χ2n) is 4.25. The van der Waals surface area contributed by atoms with Crippen LogP contribution in [0.5, 0.6) is 5.75 Å². The molecule has 2 N–H and O–H groups in total. The van der Waals surface area contributed by atoms with Crippen LogP contribution in [0.15, 0.2) is 18.2 Å². The average Bonchev–Trinajstić information content (AvgIpc) is 2.53. The van der Waals surface area contributed by atoms with Gasteiger partial charge in [-0.25, -0.2) is 4.39 Å². The quantitative estimate of drug-likeness (QED) is 0.763. The molecule has 0 radical (unpaired) electrons. The molecule has 96 valence electrons. The van der Waals surface area contributed by atoms with Gasteiger partial charge < -0.3 is 10.4 Å². The van der Waals surface area contributed by atoms with Gasteiger partial charge in [0.2, 0.25) is 11.8 Å². The maximum atomic E-state index is 13.0. The Balaban J connectivity index is 2.00. The molecule has 0 aromatic heterocycles. The van der Waals surface area contributed by atoms with Crippen molar-refractivity contribution in [1.82, 2.24) is 10.2 Å². The summed E-state index contributed by atoms with van der Waals surface area (Å²) >= 11 is 0. The Morgan fingerprint density at radius 1 is 1.44 bits per heavy atom. The number of hydrogen-bond acceptors (Lipinski definition) is 4. The number of rotatable bonds is 3. The third-order valence-corrected chi connectivity index (χ3v) is 2.88. The van der Waals surface area contributed by atoms with Crippen molar-refractivity contribution in [3.8, 4) is 5.75 Å². The molecule has 1 saturated heterocycles. The zero-order chi connectivity index (χ0) is 13.3. The van der Waals surface area contributed by atoms with Crippen molar-refractivity contribution in [3.63, 3.8) is 0 Å². The Morgan fingerprint density at radius 2 is 2.17 bits per heavy atom. The molecule has 0 spiro atoms. The number of aromatic hydroxyl groups is 1. The van der Waals surface area contributed by atoms with Crippen molar-refractivity contribution in [2.75, 3.05) is 7.05 Å². The van der Waals surface area contributed by atoms with Gasteiger partial charge in [0, 0.05) is 19.7 Å². The van der Waals surface area contributed by atoms with Crippen molar-refractivity contribution >= 4 is 11.8 Å². The second kappa shape index (κ2) is 4.73. The summed E-state index contributed by atoms with van der Waals surface area (Å²) in [7, 11) is 1.43. The van der Waals surface area contributed by atoms with E-state index in [4.69, 9.17) is 0 Å². The van der Waals surface area contributed by atoms with Gasteiger partial charge in [0.25, 0.3) is 0 Å². The fourth-order valence-corrected chi connectivity index (χ4v) is 1.89. The number of phenolic OH excluding ortho intramolecular Hbond substituents is 1. The Labute approximate surface area is 103 Å². The molecule has 1 atom stereocenters. The van der Waals surface area contributed by atoms with Gasteiger partial charge in [-0.15, -0.1) is 0 Å². The van der Waals surface area contributed by atoms with Gasteiger partial charge in [0.15, 0.2) is 0 Å². The molecule has 1 aliphatic heterocycles. The summed E-state index contributed by atoms with van der Waals surface area (Å²) in [6, 6.07) is 3.09. The van der Waals surface area contributed by atoms with Crippen molar-refractivity contribution in [1.29, 1.82) is 0 Å². The van der Waals surface area contributed by atoms with Crippen molar-refractivity contribution in [3.05, 3.63) is 29.6 Å². The molecule has 2 amide bonds. The summed E-state index contributed by atoms with van der Waals surface area (Å²) in [5, 5.41) is 12.1. The number of likely N-dealkylation sites (tertiary alicyclic amines) is 1. The summed E-state index contributed by atoms with van der Waals surface area (Å²) in [6.45, 7) is 0.211. The average molecular weight is 252 g/mol. The minimum absolute atomic E-state index is 0.108. The number of phenols is 1. The topological polar surface area (TPSA) is 69.6 Å². The Bertz CT molecular complexity index is 484. The predicted octanol–water partition coefficient (Wildman–Crippen LogP) is 0.378. The summed E-state index contributed by atoms with van der Waals surface area (Å²) in [6.07, 6.45) is 0.108. The first-order chi connectivity index (χ1) is 8.47. The fourth-order valence-electron chi connectivity index (χ4n) is 1.89. The van der Waals surface area contributed by atoms with E-state index in [1.807, 2.05) is 0 Å². The van der Waals surface area contributed by atoms with E-state index < -0.39 is 11.9 Å². The normalized spacial score (nSPS) is 19.7. The molecule has 1 heterocycles. The van der Waals surface area contributed by atoms with Crippen LogP contribution in [-0.4, -0.2) is 34.9 Å². The molecule has 1 aliphatic rings. The van der Waals surface area contributed by atoms with Crippen LogP contribution in [0.2, 0.25) is 0 Å². The van der Waals surface area contributed by atoms with Crippen molar-refractivity contribution in [2.45, 2.75) is 19.0 Å². The monoisotopic (exact) mass is 252 g/mol. The zero-order valence-corrected chi connectivity index (χ0v) is 9.81. The van der Waals surface area contributed by atoms with Gasteiger partial charge in [0.05, 0.1) is 12.5 Å². The van der Waals surface area contributed by atoms with Gasteiger partial charge in [-0.3, -0.25) is 14.5 Å². The van der Waals surface area contributed by atoms with Gasteiger partial charge >= 0.3 is 0 Å². The highest BCUT2D eigenvalue weighted by Gasteiger charge is 2.35. The van der Waals surface area contributed by atoms with Gasteiger partial charge in [-0.05, 0) is 17.7 Å². The first kappa shape index (κ1) is 12.5. The highest BCUT2D eigenvalue weighted by atomic mass is 19.1. The molecule has 6 heteroatoms. The molecular formula is C12H13FN2O3. The van der Waals surface area contributed by atoms with Crippen LogP contribution in [0.3, 0.4) is 0 Å². The summed E-state index contributed by atoms with van der Waals surface area (Å²) < 4.78 is 13.0. The van der Waals surface area contributed by atoms with E-state index >= 15 is 0 Å². The molecule has 18 heavy (non-hydrogen) atoms. The molecule has 0 saturated carbocycles. The van der Waals surface area contributed by atoms with Crippen LogP contribution >= 0.6 is 0 Å². The minimum Gasteiger partial charge on any atom is -0.508 e. The number of carbonyl (C=O) groups is 2. The fraction of sp³-hybridized carbons (Fsp3) is 0.333. The van der Waals surface area contributed by atoms with Crippen molar-refractivity contribution < 1.29 is 19.1 Å². The Morgan fingerprint density at radius 3 is 2.72 bits per heavy atom. The Hall–Kier alpha value is -1.95. The summed E-state index contributed by atoms with van der Waals surface area (Å²) in [4.78, 5) is 23.9. The van der Waals surface area contributed by atoms with Crippen LogP contribution in [0.1, 0.15) is 12.0 Å². The predicted molar refractivity (Wildman–Crippen MR) is 61.1 cm³/mol. The number of carbonyl (C=O) groups excluding carboxylic acids is 2. The van der Waals surface area contributed by atoms with Gasteiger partial charge in [0.1, 0.15) is 11.6 Å². The molecule has 5 nitrogen and oxygen atoms in total. The van der Waals surface area contributed by atoms with Crippen molar-refractivity contribution in [2.24, 2.45) is 0 Å². The highest BCUT2D eigenvalue weighted by molar-refractivity contribution is 6.05. The van der Waals surface area contributed by atoms with E-state index in [1.165, 1.54) is 19.2 Å². The maximum absolute atomic E-state index is 13.0. The van der Waals surface area contributed by atoms with Crippen LogP contribution in [-0.2, 0) is 16.1 Å². The maximum Gasteiger partial charge on any atom is 0.246 e. The van der Waals surface area contributed by atoms with Crippen LogP contribution in [0.4, 0.5) is 4.39 Å². The van der Waals surface area contributed by atoms with Crippen LogP contribution in [0.25, 0.3) is 0 Å². The number of nitrogens with zero attached hydrogens (tertiary/aromatic N) is 1. The van der Waals surface area contributed by atoms with Crippen LogP contribution in [0, 0.1) is 5.82 Å². The largest absolute Gasteiger partial charge is 0.508 e. The van der Waals surface area contributed by atoms with E-state index in [-0.39, 0.29) is 30.5 Å². The zero-order valence-electron chi connectivity index (χ0n) is 9.81. The number of nitrogens with one attached hydrogen (secondary N) is 1. The SMILES string of the molecule is CN1C(=O)CC(NCc2cc(O)cc(F)c2)C1=O. The van der Waals surface area contributed by atoms with E-state index in [9.17, 15) is 19.1 Å². The lowest BCUT2D eigenvalue weighted by Gasteiger charge is -2.11. The van der Waals surface area contributed by atoms with Gasteiger partial charge in [-0.2, -0.15) is 0 Å². The number of hydrogen-bond donors (Lipinski definition) is 2. The molecule has 1 unspecified atom stereocenters. The third-order valence-electron chi connectivity index (χ3n) is 2.88. The van der Waals surface area contributed by atoms with Crippen LogP contribution < -0.4 is 5.32 Å². The van der Waals surface area contributed by atoms with E-state index in [1.54, 1.807) is 0 Å². The minimum atomic E-state index is -0.576. The standard InChI is InChI=1S/C12H13FN2O3/c1-15-11(17)5-10(12(15)18)14-6-7-2-8(13)4-9(16)3-7/h2-4,10,14,16H,5-6H2,1H3. The molecule has 0 bridgehead atoms. The molecule has 1 aromatic carbocycles. The molecule has 0 aliphatic carbocycles. The summed E-state index contributed by atoms with van der Waals surface area (Å²) in [5.74, 6) is -1.24. The number of halogens is 1. The number of benzene rings is 1. The summed E-state index contributed by atoms with van der Waals surface area (Å²) in [5.41, 5.74) is 0.516. The first-order valence-corrected chi connectivity index (χ1v) is 5.49. The van der Waals surface area contributed by atoms with E-state index in [0.717, 1.165) is 11.0 Å². The number of likely N-dealkylation sites (N-methyl/N-ethyl adjacent to an activating group) is 1. The lowest BCUT2D eigenvalue weighted by Crippen LogP contribution is -2.36. The second-order valence-corrected chi connectivity index (χ2v) is 4.25. The molecule has 1 aromatic rings. The number of imide groups is 1. The molecular weight excluding hydrogens is 239 g/mol. The van der Waals surface area contributed by atoms with Gasteiger partial charge in [-0.1, -0.05) is 0 Å². The highest BCUT2D eigenvalue weighted by Crippen LogP contribution is 2.16. The third kappa shape index (κ3) is 2.48. The smallest absolute Gasteiger partial charge is 0.246 e.